The van der Waals surface area contributed by atoms with Crippen molar-refractivity contribution in [3.63, 3.8) is 0 Å². The van der Waals surface area contributed by atoms with Crippen molar-refractivity contribution in [2.24, 2.45) is 0 Å². The molecule has 5 aromatic rings. The predicted molar refractivity (Wildman–Crippen MR) is 114 cm³/mol. The van der Waals surface area contributed by atoms with Crippen molar-refractivity contribution < 1.29 is 9.53 Å². The number of para-hydroxylation sites is 4. The first-order valence-corrected chi connectivity index (χ1v) is 9.33. The van der Waals surface area contributed by atoms with Crippen LogP contribution in [0.3, 0.4) is 0 Å². The third-order valence-corrected chi connectivity index (χ3v) is 4.73. The minimum Gasteiger partial charge on any atom is -0.455 e. The molecule has 1 amide bonds. The Kier molecular flexibility index (Phi) is 4.25. The maximum absolute atomic E-state index is 13.0. The predicted octanol–water partition coefficient (Wildman–Crippen LogP) is 4.22. The highest BCUT2D eigenvalue weighted by atomic mass is 16.5. The topological polar surface area (TPSA) is 88.5 Å². The smallest absolute Gasteiger partial charge is 0.261 e. The molecule has 30 heavy (non-hydrogen) atoms. The summed E-state index contributed by atoms with van der Waals surface area (Å²) in [6, 6.07) is 23.6. The van der Waals surface area contributed by atoms with Gasteiger partial charge in [0.05, 0.1) is 22.8 Å². The third-order valence-electron chi connectivity index (χ3n) is 4.73. The molecule has 0 spiro atoms. The minimum absolute atomic E-state index is 0.257. The molecular weight excluding hydrogens is 380 g/mol. The Morgan fingerprint density at radius 3 is 2.53 bits per heavy atom. The fraction of sp³-hybridized carbons (Fsp3) is 0. The number of aromatic nitrogens is 3. The van der Waals surface area contributed by atoms with Gasteiger partial charge < -0.3 is 15.0 Å². The zero-order valence-corrected chi connectivity index (χ0v) is 15.7. The summed E-state index contributed by atoms with van der Waals surface area (Å²) in [5.41, 5.74) is 1.45. The summed E-state index contributed by atoms with van der Waals surface area (Å²) >= 11 is 0. The third kappa shape index (κ3) is 3.08. The maximum Gasteiger partial charge on any atom is 0.261 e. The lowest BCUT2D eigenvalue weighted by Gasteiger charge is -2.12. The average molecular weight is 396 g/mol. The van der Waals surface area contributed by atoms with Gasteiger partial charge in [0, 0.05) is 0 Å². The number of hydrogen-bond acceptors (Lipinski definition) is 4. The van der Waals surface area contributed by atoms with E-state index in [0.29, 0.717) is 33.7 Å². The van der Waals surface area contributed by atoms with E-state index in [1.165, 1.54) is 6.20 Å². The van der Waals surface area contributed by atoms with E-state index in [1.807, 2.05) is 42.5 Å². The van der Waals surface area contributed by atoms with E-state index in [-0.39, 0.29) is 11.1 Å². The molecule has 0 aliphatic rings. The van der Waals surface area contributed by atoms with E-state index < -0.39 is 5.91 Å². The number of carbonyl (C=O) groups is 1. The number of H-pyrrole nitrogens is 1. The van der Waals surface area contributed by atoms with Crippen molar-refractivity contribution in [1.82, 2.24) is 14.6 Å². The molecule has 3 aromatic carbocycles. The quantitative estimate of drug-likeness (QED) is 0.476. The van der Waals surface area contributed by atoms with Crippen molar-refractivity contribution in [3.8, 4) is 11.5 Å². The first kappa shape index (κ1) is 17.7. The van der Waals surface area contributed by atoms with Crippen LogP contribution in [0.4, 0.5) is 5.69 Å². The van der Waals surface area contributed by atoms with Crippen LogP contribution >= 0.6 is 0 Å². The van der Waals surface area contributed by atoms with Crippen LogP contribution in [-0.2, 0) is 0 Å². The maximum atomic E-state index is 13.0. The molecule has 7 nitrogen and oxygen atoms in total. The highest BCUT2D eigenvalue weighted by molar-refractivity contribution is 6.09. The lowest BCUT2D eigenvalue weighted by atomic mass is 10.2. The number of aromatic amines is 1. The number of fused-ring (bicyclic) bond motifs is 3. The molecule has 0 fully saturated rings. The Hall–Kier alpha value is -4.39. The number of ether oxygens (including phenoxy) is 1. The van der Waals surface area contributed by atoms with Crippen molar-refractivity contribution in [3.05, 3.63) is 101 Å². The molecule has 146 valence electrons. The van der Waals surface area contributed by atoms with Gasteiger partial charge in [0.1, 0.15) is 17.0 Å². The zero-order valence-electron chi connectivity index (χ0n) is 15.7. The number of amides is 1. The van der Waals surface area contributed by atoms with E-state index in [1.54, 1.807) is 40.9 Å². The molecule has 0 aliphatic heterocycles. The lowest BCUT2D eigenvalue weighted by molar-refractivity contribution is 0.102. The van der Waals surface area contributed by atoms with Crippen molar-refractivity contribution in [2.75, 3.05) is 5.32 Å². The van der Waals surface area contributed by atoms with Gasteiger partial charge in [0.2, 0.25) is 0 Å². The number of nitrogens with one attached hydrogen (secondary N) is 2. The molecule has 0 unspecified atom stereocenters. The van der Waals surface area contributed by atoms with Gasteiger partial charge in [0.25, 0.3) is 11.5 Å². The first-order valence-electron chi connectivity index (χ1n) is 9.33. The van der Waals surface area contributed by atoms with Crippen LogP contribution in [0, 0.1) is 0 Å². The van der Waals surface area contributed by atoms with E-state index >= 15 is 0 Å². The van der Waals surface area contributed by atoms with Gasteiger partial charge in [-0.15, -0.1) is 0 Å². The van der Waals surface area contributed by atoms with Crippen LogP contribution in [0.5, 0.6) is 11.5 Å². The summed E-state index contributed by atoms with van der Waals surface area (Å²) in [4.78, 5) is 28.2. The van der Waals surface area contributed by atoms with Crippen molar-refractivity contribution in [1.29, 1.82) is 0 Å². The summed E-state index contributed by atoms with van der Waals surface area (Å²) in [7, 11) is 0. The van der Waals surface area contributed by atoms with Crippen LogP contribution in [0.2, 0.25) is 0 Å². The Morgan fingerprint density at radius 2 is 1.67 bits per heavy atom. The molecule has 2 N–H and O–H groups in total. The lowest BCUT2D eigenvalue weighted by Crippen LogP contribution is -2.15. The number of benzene rings is 3. The van der Waals surface area contributed by atoms with Gasteiger partial charge in [0.15, 0.2) is 5.75 Å². The zero-order chi connectivity index (χ0) is 20.5. The Labute approximate surface area is 170 Å². The van der Waals surface area contributed by atoms with Gasteiger partial charge in [-0.3, -0.25) is 9.59 Å². The Morgan fingerprint density at radius 1 is 0.933 bits per heavy atom. The molecule has 2 heterocycles. The van der Waals surface area contributed by atoms with Crippen molar-refractivity contribution in [2.45, 2.75) is 0 Å². The van der Waals surface area contributed by atoms with E-state index in [4.69, 9.17) is 4.74 Å². The second-order valence-corrected chi connectivity index (χ2v) is 6.66. The fourth-order valence-corrected chi connectivity index (χ4v) is 3.31. The molecule has 0 bridgehead atoms. The number of carbonyl (C=O) groups excluding carboxylic acids is 1. The van der Waals surface area contributed by atoms with Gasteiger partial charge >= 0.3 is 0 Å². The van der Waals surface area contributed by atoms with Gasteiger partial charge in [-0.05, 0) is 36.4 Å². The van der Waals surface area contributed by atoms with Crippen LogP contribution in [-0.4, -0.2) is 20.5 Å². The average Bonchev–Trinajstić information content (AvgIpc) is 3.20. The second kappa shape index (κ2) is 7.21. The Bertz CT molecular complexity index is 1440. The van der Waals surface area contributed by atoms with E-state index in [9.17, 15) is 9.59 Å². The second-order valence-electron chi connectivity index (χ2n) is 6.66. The molecule has 0 atom stereocenters. The molecule has 0 saturated carbocycles. The molecule has 7 heteroatoms. The molecule has 0 radical (unpaired) electrons. The van der Waals surface area contributed by atoms with Crippen LogP contribution in [0.1, 0.15) is 10.4 Å². The molecular formula is C23H16N4O3. The van der Waals surface area contributed by atoms with E-state index in [2.05, 4.69) is 15.4 Å². The molecule has 5 rings (SSSR count). The highest BCUT2D eigenvalue weighted by Gasteiger charge is 2.17. The SMILES string of the molecule is O=C(Nc1ccccc1Oc1ccccc1)c1cnn2c1[nH]c(=O)c1ccccc12. The number of hydrogen-bond donors (Lipinski definition) is 2. The summed E-state index contributed by atoms with van der Waals surface area (Å²) < 4.78 is 7.45. The fourth-order valence-electron chi connectivity index (χ4n) is 3.31. The van der Waals surface area contributed by atoms with Crippen LogP contribution in [0.25, 0.3) is 16.6 Å². The van der Waals surface area contributed by atoms with Crippen LogP contribution < -0.4 is 15.6 Å². The summed E-state index contributed by atoms with van der Waals surface area (Å²) in [5.74, 6) is 0.762. The molecule has 2 aromatic heterocycles. The monoisotopic (exact) mass is 396 g/mol. The number of nitrogens with zero attached hydrogens (tertiary/aromatic N) is 2. The Balaban J connectivity index is 1.51. The molecule has 0 saturated heterocycles. The van der Waals surface area contributed by atoms with Gasteiger partial charge in [-0.1, -0.05) is 42.5 Å². The normalized spacial score (nSPS) is 10.9. The summed E-state index contributed by atoms with van der Waals surface area (Å²) in [6.45, 7) is 0. The number of anilines is 1. The van der Waals surface area contributed by atoms with E-state index in [0.717, 1.165) is 0 Å². The van der Waals surface area contributed by atoms with Crippen molar-refractivity contribution >= 4 is 28.1 Å². The van der Waals surface area contributed by atoms with Gasteiger partial charge in [-0.2, -0.15) is 5.10 Å². The summed E-state index contributed by atoms with van der Waals surface area (Å²) in [6.07, 6.45) is 1.44. The number of rotatable bonds is 4. The summed E-state index contributed by atoms with van der Waals surface area (Å²) in [5, 5.41) is 7.65. The van der Waals surface area contributed by atoms with Gasteiger partial charge in [-0.25, -0.2) is 4.52 Å². The standard InChI is InChI=1S/C23H16N4O3/c28-22-16-10-4-6-12-19(16)27-21(26-22)17(14-24-27)23(29)25-18-11-5-7-13-20(18)30-15-8-2-1-3-9-15/h1-14H,(H,25,29)(H,26,28). The highest BCUT2D eigenvalue weighted by Crippen LogP contribution is 2.29. The van der Waals surface area contributed by atoms with Crippen LogP contribution in [0.15, 0.2) is 89.9 Å². The largest absolute Gasteiger partial charge is 0.455 e. The first-order chi connectivity index (χ1) is 14.7. The molecule has 0 aliphatic carbocycles. The minimum atomic E-state index is -0.403.